The number of hydrogen-bond donors (Lipinski definition) is 0. The minimum atomic E-state index is 0.644. The number of anilines is 1. The van der Waals surface area contributed by atoms with Gasteiger partial charge in [0.25, 0.3) is 0 Å². The first kappa shape index (κ1) is 13.4. The zero-order valence-electron chi connectivity index (χ0n) is 12.5. The lowest BCUT2D eigenvalue weighted by Crippen LogP contribution is -2.35. The summed E-state index contributed by atoms with van der Waals surface area (Å²) in [6, 6.07) is 5.13. The highest BCUT2D eigenvalue weighted by Crippen LogP contribution is 2.39. The molecule has 3 nitrogen and oxygen atoms in total. The third-order valence-corrected chi connectivity index (χ3v) is 4.97. The van der Waals surface area contributed by atoms with Crippen molar-refractivity contribution in [3.05, 3.63) is 23.0 Å². The number of aromatic nitrogens is 1. The minimum absolute atomic E-state index is 0.644. The summed E-state index contributed by atoms with van der Waals surface area (Å²) in [4.78, 5) is 6.96. The number of nitrogens with zero attached hydrogens (tertiary/aromatic N) is 3. The van der Waals surface area contributed by atoms with E-state index in [2.05, 4.69) is 22.0 Å². The Morgan fingerprint density at radius 2 is 1.95 bits per heavy atom. The summed E-state index contributed by atoms with van der Waals surface area (Å²) < 4.78 is 0. The molecule has 1 unspecified atom stereocenters. The molecule has 1 aliphatic carbocycles. The van der Waals surface area contributed by atoms with E-state index in [4.69, 9.17) is 0 Å². The molecule has 1 aromatic rings. The smallest absolute Gasteiger partial charge is 0.103 e. The van der Waals surface area contributed by atoms with E-state index >= 15 is 0 Å². The second-order valence-corrected chi connectivity index (χ2v) is 6.30. The molecule has 20 heavy (non-hydrogen) atoms. The van der Waals surface area contributed by atoms with E-state index in [-0.39, 0.29) is 0 Å². The van der Waals surface area contributed by atoms with Crippen LogP contribution in [-0.4, -0.2) is 17.6 Å². The molecular weight excluding hydrogens is 246 g/mol. The van der Waals surface area contributed by atoms with Crippen LogP contribution >= 0.6 is 0 Å². The van der Waals surface area contributed by atoms with Crippen molar-refractivity contribution in [3.8, 4) is 6.07 Å². The standard InChI is InChI=1S/C17H23N3/c1-12-10-17(15(11-18)13(2)19-12)20-9-5-8-16(20)14-6-3-4-7-14/h10,14,16H,3-9H2,1-2H3. The molecular formula is C17H23N3. The largest absolute Gasteiger partial charge is 0.367 e. The molecule has 106 valence electrons. The summed E-state index contributed by atoms with van der Waals surface area (Å²) in [5.41, 5.74) is 3.81. The average Bonchev–Trinajstić information content (AvgIpc) is 3.08. The molecule has 1 saturated carbocycles. The Balaban J connectivity index is 1.97. The van der Waals surface area contributed by atoms with Crippen LogP contribution in [0, 0.1) is 31.1 Å². The van der Waals surface area contributed by atoms with Gasteiger partial charge in [0.1, 0.15) is 6.07 Å². The highest BCUT2D eigenvalue weighted by Gasteiger charge is 2.34. The first-order chi connectivity index (χ1) is 9.70. The second kappa shape index (κ2) is 5.44. The lowest BCUT2D eigenvalue weighted by molar-refractivity contribution is 0.430. The maximum absolute atomic E-state index is 9.49. The lowest BCUT2D eigenvalue weighted by Gasteiger charge is -2.32. The third-order valence-electron chi connectivity index (χ3n) is 4.97. The van der Waals surface area contributed by atoms with Crippen molar-refractivity contribution in [1.82, 2.24) is 4.98 Å². The van der Waals surface area contributed by atoms with Gasteiger partial charge >= 0.3 is 0 Å². The Morgan fingerprint density at radius 3 is 2.65 bits per heavy atom. The van der Waals surface area contributed by atoms with Gasteiger partial charge in [-0.1, -0.05) is 12.8 Å². The van der Waals surface area contributed by atoms with Gasteiger partial charge in [-0.15, -0.1) is 0 Å². The predicted octanol–water partition coefficient (Wildman–Crippen LogP) is 3.73. The van der Waals surface area contributed by atoms with Crippen LogP contribution in [0.25, 0.3) is 0 Å². The fourth-order valence-electron chi connectivity index (χ4n) is 4.10. The summed E-state index contributed by atoms with van der Waals surface area (Å²) in [6.45, 7) is 5.08. The SMILES string of the molecule is Cc1cc(N2CCCC2C2CCCC2)c(C#N)c(C)n1. The molecule has 0 N–H and O–H groups in total. The summed E-state index contributed by atoms with van der Waals surface area (Å²) >= 11 is 0. The summed E-state index contributed by atoms with van der Waals surface area (Å²) in [6.07, 6.45) is 8.05. The van der Waals surface area contributed by atoms with E-state index in [1.807, 2.05) is 13.8 Å². The zero-order valence-corrected chi connectivity index (χ0v) is 12.5. The maximum atomic E-state index is 9.49. The summed E-state index contributed by atoms with van der Waals surface area (Å²) in [5, 5.41) is 9.49. The van der Waals surface area contributed by atoms with Crippen molar-refractivity contribution in [2.24, 2.45) is 5.92 Å². The molecule has 0 amide bonds. The number of hydrogen-bond acceptors (Lipinski definition) is 3. The van der Waals surface area contributed by atoms with Crippen molar-refractivity contribution < 1.29 is 0 Å². The summed E-state index contributed by atoms with van der Waals surface area (Å²) in [5.74, 6) is 0.831. The van der Waals surface area contributed by atoms with Crippen LogP contribution < -0.4 is 4.90 Å². The topological polar surface area (TPSA) is 39.9 Å². The molecule has 1 aromatic heterocycles. The number of nitriles is 1. The second-order valence-electron chi connectivity index (χ2n) is 6.30. The van der Waals surface area contributed by atoms with E-state index in [1.54, 1.807) is 0 Å². The van der Waals surface area contributed by atoms with Gasteiger partial charge in [-0.05, 0) is 51.5 Å². The van der Waals surface area contributed by atoms with Gasteiger partial charge in [-0.25, -0.2) is 0 Å². The highest BCUT2D eigenvalue weighted by molar-refractivity contribution is 5.62. The van der Waals surface area contributed by atoms with Gasteiger partial charge in [0.2, 0.25) is 0 Å². The van der Waals surface area contributed by atoms with Gasteiger partial charge in [0.15, 0.2) is 0 Å². The van der Waals surface area contributed by atoms with Crippen LogP contribution in [0.1, 0.15) is 55.5 Å². The van der Waals surface area contributed by atoms with Crippen molar-refractivity contribution in [2.45, 2.75) is 58.4 Å². The molecule has 3 rings (SSSR count). The van der Waals surface area contributed by atoms with E-state index in [0.29, 0.717) is 6.04 Å². The fraction of sp³-hybridized carbons (Fsp3) is 0.647. The third kappa shape index (κ3) is 2.28. The summed E-state index contributed by atoms with van der Waals surface area (Å²) in [7, 11) is 0. The van der Waals surface area contributed by atoms with Crippen LogP contribution in [0.2, 0.25) is 0 Å². The molecule has 3 heteroatoms. The van der Waals surface area contributed by atoms with Crippen LogP contribution in [0.3, 0.4) is 0 Å². The molecule has 0 radical (unpaired) electrons. The van der Waals surface area contributed by atoms with Gasteiger partial charge in [-0.2, -0.15) is 5.26 Å². The van der Waals surface area contributed by atoms with Gasteiger partial charge in [-0.3, -0.25) is 4.98 Å². The number of rotatable bonds is 2. The van der Waals surface area contributed by atoms with E-state index in [0.717, 1.165) is 35.1 Å². The van der Waals surface area contributed by atoms with Gasteiger partial charge in [0.05, 0.1) is 16.9 Å². The van der Waals surface area contributed by atoms with E-state index in [9.17, 15) is 5.26 Å². The Bertz CT molecular complexity index is 538. The van der Waals surface area contributed by atoms with Crippen LogP contribution in [0.15, 0.2) is 6.07 Å². The van der Waals surface area contributed by atoms with Crippen LogP contribution in [0.5, 0.6) is 0 Å². The van der Waals surface area contributed by atoms with Crippen molar-refractivity contribution in [3.63, 3.8) is 0 Å². The quantitative estimate of drug-likeness (QED) is 0.821. The fourth-order valence-corrected chi connectivity index (χ4v) is 4.10. The molecule has 2 heterocycles. The lowest BCUT2D eigenvalue weighted by atomic mass is 9.95. The van der Waals surface area contributed by atoms with Crippen molar-refractivity contribution >= 4 is 5.69 Å². The van der Waals surface area contributed by atoms with Gasteiger partial charge in [0, 0.05) is 18.3 Å². The molecule has 1 atom stereocenters. The highest BCUT2D eigenvalue weighted by atomic mass is 15.2. The zero-order chi connectivity index (χ0) is 14.1. The molecule has 0 bridgehead atoms. The molecule has 0 spiro atoms. The average molecular weight is 269 g/mol. The minimum Gasteiger partial charge on any atom is -0.367 e. The molecule has 1 aliphatic heterocycles. The normalized spacial score (nSPS) is 23.2. The molecule has 1 saturated heterocycles. The van der Waals surface area contributed by atoms with Crippen molar-refractivity contribution in [2.75, 3.05) is 11.4 Å². The van der Waals surface area contributed by atoms with E-state index in [1.165, 1.54) is 38.5 Å². The van der Waals surface area contributed by atoms with E-state index < -0.39 is 0 Å². The predicted molar refractivity (Wildman–Crippen MR) is 80.8 cm³/mol. The number of aryl methyl sites for hydroxylation is 2. The van der Waals surface area contributed by atoms with Crippen LogP contribution in [-0.2, 0) is 0 Å². The Kier molecular flexibility index (Phi) is 3.65. The first-order valence-corrected chi connectivity index (χ1v) is 7.85. The maximum Gasteiger partial charge on any atom is 0.103 e. The molecule has 0 aromatic carbocycles. The monoisotopic (exact) mass is 269 g/mol. The first-order valence-electron chi connectivity index (χ1n) is 7.85. The Labute approximate surface area is 121 Å². The Hall–Kier alpha value is -1.56. The van der Waals surface area contributed by atoms with Gasteiger partial charge < -0.3 is 4.90 Å². The van der Waals surface area contributed by atoms with Crippen molar-refractivity contribution in [1.29, 1.82) is 5.26 Å². The van der Waals surface area contributed by atoms with Crippen LogP contribution in [0.4, 0.5) is 5.69 Å². The molecule has 2 fully saturated rings. The number of pyridine rings is 1. The molecule has 2 aliphatic rings. The Morgan fingerprint density at radius 1 is 1.20 bits per heavy atom.